The monoisotopic (exact) mass is 313 g/mol. The molecule has 0 saturated carbocycles. The highest BCUT2D eigenvalue weighted by atomic mass is 32.2. The highest BCUT2D eigenvalue weighted by molar-refractivity contribution is 7.99. The zero-order valence-electron chi connectivity index (χ0n) is 10.7. The van der Waals surface area contributed by atoms with Crippen LogP contribution >= 0.6 is 11.8 Å². The summed E-state index contributed by atoms with van der Waals surface area (Å²) in [5.41, 5.74) is 0.557. The van der Waals surface area contributed by atoms with Gasteiger partial charge in [-0.2, -0.15) is 0 Å². The zero-order valence-corrected chi connectivity index (χ0v) is 12.3. The minimum atomic E-state index is -3.56. The lowest BCUT2D eigenvalue weighted by atomic mass is 10.2. The van der Waals surface area contributed by atoms with Crippen LogP contribution in [0.3, 0.4) is 0 Å². The van der Waals surface area contributed by atoms with Gasteiger partial charge < -0.3 is 5.11 Å². The Kier molecular flexibility index (Phi) is 6.58. The van der Waals surface area contributed by atoms with Crippen molar-refractivity contribution < 1.29 is 18.3 Å². The maximum absolute atomic E-state index is 11.9. The highest BCUT2D eigenvalue weighted by Crippen LogP contribution is 2.11. The fraction of sp³-hybridized carbons (Fsp3) is 0.308. The van der Waals surface area contributed by atoms with Crippen molar-refractivity contribution >= 4 is 27.8 Å². The Hall–Kier alpha value is -1.49. The van der Waals surface area contributed by atoms with Crippen molar-refractivity contribution in [2.45, 2.75) is 11.3 Å². The van der Waals surface area contributed by atoms with Crippen molar-refractivity contribution in [2.75, 3.05) is 18.1 Å². The normalized spacial score (nSPS) is 10.9. The lowest BCUT2D eigenvalue weighted by molar-refractivity contribution is -0.136. The van der Waals surface area contributed by atoms with Gasteiger partial charge in [0.15, 0.2) is 0 Å². The number of carboxylic acids is 1. The third-order valence-corrected chi connectivity index (χ3v) is 4.65. The molecule has 0 aromatic heterocycles. The number of sulfonamides is 1. The van der Waals surface area contributed by atoms with E-state index in [2.05, 4.69) is 10.6 Å². The highest BCUT2D eigenvalue weighted by Gasteiger charge is 2.13. The summed E-state index contributed by atoms with van der Waals surface area (Å²) >= 11 is 1.47. The molecule has 0 aliphatic rings. The number of terminal acetylenes is 1. The molecule has 1 aromatic rings. The molecule has 0 aliphatic heterocycles. The van der Waals surface area contributed by atoms with Gasteiger partial charge in [0.05, 0.1) is 17.1 Å². The third-order valence-electron chi connectivity index (χ3n) is 2.31. The topological polar surface area (TPSA) is 83.5 Å². The molecule has 0 aliphatic carbocycles. The van der Waals surface area contributed by atoms with Crippen LogP contribution in [0.15, 0.2) is 29.2 Å². The fourth-order valence-electron chi connectivity index (χ4n) is 1.42. The molecule has 0 heterocycles. The molecule has 2 N–H and O–H groups in total. The maximum Gasteiger partial charge on any atom is 0.307 e. The molecule has 1 rings (SSSR count). The first kappa shape index (κ1) is 16.6. The van der Waals surface area contributed by atoms with E-state index in [1.807, 2.05) is 0 Å². The molecule has 0 spiro atoms. The SMILES string of the molecule is C#CCSCCNS(=O)(=O)c1ccc(CC(=O)O)cc1. The predicted octanol–water partition coefficient (Wildman–Crippen LogP) is 0.958. The van der Waals surface area contributed by atoms with Gasteiger partial charge in [-0.05, 0) is 17.7 Å². The minimum Gasteiger partial charge on any atom is -0.481 e. The number of aliphatic carboxylic acids is 1. The van der Waals surface area contributed by atoms with E-state index >= 15 is 0 Å². The summed E-state index contributed by atoms with van der Waals surface area (Å²) in [5, 5.41) is 8.64. The van der Waals surface area contributed by atoms with Gasteiger partial charge in [-0.15, -0.1) is 18.2 Å². The predicted molar refractivity (Wildman–Crippen MR) is 79.1 cm³/mol. The first-order chi connectivity index (χ1) is 9.45. The standard InChI is InChI=1S/C13H15NO4S2/c1-2-8-19-9-7-14-20(17,18)12-5-3-11(4-6-12)10-13(15)16/h1,3-6,14H,7-10H2,(H,15,16). The molecular weight excluding hydrogens is 298 g/mol. The summed E-state index contributed by atoms with van der Waals surface area (Å²) in [6.07, 6.45) is 4.96. The molecule has 1 aromatic carbocycles. The number of carbonyl (C=O) groups is 1. The van der Waals surface area contributed by atoms with Crippen LogP contribution in [0.5, 0.6) is 0 Å². The van der Waals surface area contributed by atoms with E-state index < -0.39 is 16.0 Å². The fourth-order valence-corrected chi connectivity index (χ4v) is 3.09. The van der Waals surface area contributed by atoms with E-state index in [4.69, 9.17) is 11.5 Å². The van der Waals surface area contributed by atoms with Crippen LogP contribution in [-0.2, 0) is 21.2 Å². The molecule has 7 heteroatoms. The Labute approximate surface area is 122 Å². The van der Waals surface area contributed by atoms with Crippen LogP contribution < -0.4 is 4.72 Å². The maximum atomic E-state index is 11.9. The minimum absolute atomic E-state index is 0.119. The average Bonchev–Trinajstić information content (AvgIpc) is 2.38. The van der Waals surface area contributed by atoms with E-state index in [1.165, 1.54) is 36.0 Å². The molecule has 0 bridgehead atoms. The summed E-state index contributed by atoms with van der Waals surface area (Å²) in [6, 6.07) is 5.79. The van der Waals surface area contributed by atoms with Crippen LogP contribution in [0.4, 0.5) is 0 Å². The van der Waals surface area contributed by atoms with Crippen molar-refractivity contribution in [1.82, 2.24) is 4.72 Å². The Morgan fingerprint density at radius 3 is 2.55 bits per heavy atom. The van der Waals surface area contributed by atoms with Gasteiger partial charge in [-0.3, -0.25) is 4.79 Å². The summed E-state index contributed by atoms with van der Waals surface area (Å²) in [7, 11) is -3.56. The van der Waals surface area contributed by atoms with Crippen molar-refractivity contribution in [3.63, 3.8) is 0 Å². The van der Waals surface area contributed by atoms with Crippen LogP contribution in [0.2, 0.25) is 0 Å². The Balaban J connectivity index is 2.59. The lowest BCUT2D eigenvalue weighted by Gasteiger charge is -2.06. The molecule has 20 heavy (non-hydrogen) atoms. The van der Waals surface area contributed by atoms with Gasteiger partial charge in [0.1, 0.15) is 0 Å². The third kappa shape index (κ3) is 5.65. The van der Waals surface area contributed by atoms with E-state index in [0.29, 0.717) is 23.6 Å². The number of thioether (sulfide) groups is 1. The molecule has 0 radical (unpaired) electrons. The number of hydrogen-bond acceptors (Lipinski definition) is 4. The summed E-state index contributed by atoms with van der Waals surface area (Å²) in [4.78, 5) is 10.7. The second-order valence-corrected chi connectivity index (χ2v) is 6.74. The van der Waals surface area contributed by atoms with E-state index in [9.17, 15) is 13.2 Å². The van der Waals surface area contributed by atoms with Crippen molar-refractivity contribution in [3.05, 3.63) is 29.8 Å². The van der Waals surface area contributed by atoms with Crippen LogP contribution in [0.1, 0.15) is 5.56 Å². The molecule has 0 unspecified atom stereocenters. The van der Waals surface area contributed by atoms with Gasteiger partial charge >= 0.3 is 5.97 Å². The second-order valence-electron chi connectivity index (χ2n) is 3.87. The molecule has 5 nitrogen and oxygen atoms in total. The van der Waals surface area contributed by atoms with Crippen molar-refractivity contribution in [1.29, 1.82) is 0 Å². The van der Waals surface area contributed by atoms with Crippen LogP contribution in [0, 0.1) is 12.3 Å². The molecule has 0 atom stereocenters. The molecular formula is C13H15NO4S2. The number of rotatable bonds is 8. The van der Waals surface area contributed by atoms with Crippen molar-refractivity contribution in [3.8, 4) is 12.3 Å². The number of hydrogen-bond donors (Lipinski definition) is 2. The summed E-state index contributed by atoms with van der Waals surface area (Å²) in [6.45, 7) is 0.297. The zero-order chi connectivity index (χ0) is 15.0. The number of benzene rings is 1. The van der Waals surface area contributed by atoms with Gasteiger partial charge in [0, 0.05) is 12.3 Å². The first-order valence-electron chi connectivity index (χ1n) is 5.77. The lowest BCUT2D eigenvalue weighted by Crippen LogP contribution is -2.26. The number of nitrogens with one attached hydrogen (secondary N) is 1. The van der Waals surface area contributed by atoms with Crippen molar-refractivity contribution in [2.24, 2.45) is 0 Å². The molecule has 108 valence electrons. The van der Waals surface area contributed by atoms with E-state index in [-0.39, 0.29) is 11.3 Å². The van der Waals surface area contributed by atoms with Gasteiger partial charge in [0.2, 0.25) is 10.0 Å². The Bertz CT molecular complexity index is 588. The number of carboxylic acid groups (broad SMARTS) is 1. The summed E-state index contributed by atoms with van der Waals surface area (Å²) in [5.74, 6) is 2.65. The Morgan fingerprint density at radius 1 is 1.35 bits per heavy atom. The van der Waals surface area contributed by atoms with Crippen LogP contribution in [-0.4, -0.2) is 37.5 Å². The van der Waals surface area contributed by atoms with Gasteiger partial charge in [0.25, 0.3) is 0 Å². The Morgan fingerprint density at radius 2 is 2.00 bits per heavy atom. The largest absolute Gasteiger partial charge is 0.481 e. The quantitative estimate of drug-likeness (QED) is 0.552. The molecule has 0 saturated heterocycles. The van der Waals surface area contributed by atoms with E-state index in [1.54, 1.807) is 0 Å². The first-order valence-corrected chi connectivity index (χ1v) is 8.41. The van der Waals surface area contributed by atoms with Gasteiger partial charge in [-0.25, -0.2) is 13.1 Å². The molecule has 0 fully saturated rings. The summed E-state index contributed by atoms with van der Waals surface area (Å²) < 4.78 is 26.3. The van der Waals surface area contributed by atoms with E-state index in [0.717, 1.165) is 0 Å². The molecule has 0 amide bonds. The van der Waals surface area contributed by atoms with Gasteiger partial charge in [-0.1, -0.05) is 18.1 Å². The van der Waals surface area contributed by atoms with Crippen LogP contribution in [0.25, 0.3) is 0 Å². The second kappa shape index (κ2) is 7.94. The smallest absolute Gasteiger partial charge is 0.307 e. The average molecular weight is 313 g/mol.